The molecule has 1 heterocycles. The molecule has 1 aromatic carbocycles. The molecule has 2 rings (SSSR count). The Bertz CT molecular complexity index is 974. The Balaban J connectivity index is 2.31. The molecule has 0 saturated heterocycles. The summed E-state index contributed by atoms with van der Waals surface area (Å²) in [5, 5.41) is 3.08. The first-order valence-electron chi connectivity index (χ1n) is 9.78. The summed E-state index contributed by atoms with van der Waals surface area (Å²) in [5.41, 5.74) is 0.693. The number of benzene rings is 1. The van der Waals surface area contributed by atoms with Crippen molar-refractivity contribution in [3.63, 3.8) is 0 Å². The van der Waals surface area contributed by atoms with Crippen molar-refractivity contribution in [2.45, 2.75) is 63.7 Å². The largest absolute Gasteiger partial charge is 0.416 e. The van der Waals surface area contributed by atoms with Gasteiger partial charge in [-0.1, -0.05) is 39.0 Å². The first kappa shape index (κ1) is 24.4. The maximum absolute atomic E-state index is 13.0. The third-order valence-electron chi connectivity index (χ3n) is 4.91. The SMILES string of the molecule is CNCCCn1c(C(C)(C)C)cc(S(=O)(=O)NCc2cccc(C(F)(F)F)c2)c1C. The van der Waals surface area contributed by atoms with E-state index in [0.29, 0.717) is 12.2 Å². The van der Waals surface area contributed by atoms with E-state index < -0.39 is 21.8 Å². The summed E-state index contributed by atoms with van der Waals surface area (Å²) in [6.07, 6.45) is -3.64. The fourth-order valence-electron chi connectivity index (χ4n) is 3.33. The van der Waals surface area contributed by atoms with Gasteiger partial charge in [0.2, 0.25) is 10.0 Å². The summed E-state index contributed by atoms with van der Waals surface area (Å²) in [6, 6.07) is 6.33. The number of hydrogen-bond donors (Lipinski definition) is 2. The number of sulfonamides is 1. The molecule has 0 amide bonds. The van der Waals surface area contributed by atoms with Gasteiger partial charge in [-0.2, -0.15) is 13.2 Å². The maximum Gasteiger partial charge on any atom is 0.416 e. The second-order valence-electron chi connectivity index (χ2n) is 8.36. The molecule has 2 N–H and O–H groups in total. The molecular formula is C21H30F3N3O2S. The Morgan fingerprint density at radius 3 is 2.33 bits per heavy atom. The van der Waals surface area contributed by atoms with Crippen LogP contribution in [0.1, 0.15) is 49.7 Å². The molecule has 30 heavy (non-hydrogen) atoms. The number of rotatable bonds is 8. The standard InChI is InChI=1S/C21H30F3N3O2S/c1-15-18(13-19(20(2,3)4)27(15)11-7-10-25-5)30(28,29)26-14-16-8-6-9-17(12-16)21(22,23)24/h6,8-9,12-13,25-26H,7,10-11,14H2,1-5H3. The van der Waals surface area contributed by atoms with Crippen LogP contribution in [0.15, 0.2) is 35.2 Å². The molecule has 0 aliphatic heterocycles. The highest BCUT2D eigenvalue weighted by Gasteiger charge is 2.31. The van der Waals surface area contributed by atoms with Crippen molar-refractivity contribution in [2.75, 3.05) is 13.6 Å². The van der Waals surface area contributed by atoms with Gasteiger partial charge < -0.3 is 9.88 Å². The van der Waals surface area contributed by atoms with E-state index in [4.69, 9.17) is 0 Å². The van der Waals surface area contributed by atoms with Crippen molar-refractivity contribution in [1.29, 1.82) is 0 Å². The fraction of sp³-hybridized carbons (Fsp3) is 0.524. The molecule has 9 heteroatoms. The van der Waals surface area contributed by atoms with Gasteiger partial charge in [0.25, 0.3) is 0 Å². The summed E-state index contributed by atoms with van der Waals surface area (Å²) in [7, 11) is -2.04. The first-order valence-corrected chi connectivity index (χ1v) is 11.3. The smallest absolute Gasteiger partial charge is 0.347 e. The molecular weight excluding hydrogens is 415 g/mol. The molecule has 0 atom stereocenters. The lowest BCUT2D eigenvalue weighted by Gasteiger charge is -2.22. The van der Waals surface area contributed by atoms with E-state index in [9.17, 15) is 21.6 Å². The van der Waals surface area contributed by atoms with Crippen LogP contribution in [-0.4, -0.2) is 26.6 Å². The van der Waals surface area contributed by atoms with E-state index in [-0.39, 0.29) is 22.4 Å². The number of nitrogens with one attached hydrogen (secondary N) is 2. The van der Waals surface area contributed by atoms with Gasteiger partial charge in [-0.05, 0) is 44.6 Å². The molecule has 0 spiro atoms. The molecule has 0 unspecified atom stereocenters. The Kier molecular flexibility index (Phi) is 7.42. The minimum absolute atomic E-state index is 0.156. The van der Waals surface area contributed by atoms with Gasteiger partial charge in [0, 0.05) is 29.9 Å². The van der Waals surface area contributed by atoms with E-state index in [0.717, 1.165) is 30.8 Å². The van der Waals surface area contributed by atoms with Gasteiger partial charge in [0.05, 0.1) is 5.56 Å². The Morgan fingerprint density at radius 1 is 1.10 bits per heavy atom. The molecule has 0 fully saturated rings. The molecule has 0 saturated carbocycles. The lowest BCUT2D eigenvalue weighted by molar-refractivity contribution is -0.137. The number of aromatic nitrogens is 1. The van der Waals surface area contributed by atoms with Crippen LogP contribution >= 0.6 is 0 Å². The lowest BCUT2D eigenvalue weighted by atomic mass is 9.92. The zero-order valence-corrected chi connectivity index (χ0v) is 18.8. The quantitative estimate of drug-likeness (QED) is 0.599. The molecule has 2 aromatic rings. The van der Waals surface area contributed by atoms with Crippen molar-refractivity contribution in [3.05, 3.63) is 52.8 Å². The summed E-state index contributed by atoms with van der Waals surface area (Å²) in [6.45, 7) is 9.06. The van der Waals surface area contributed by atoms with E-state index in [1.54, 1.807) is 13.0 Å². The van der Waals surface area contributed by atoms with Gasteiger partial charge in [-0.3, -0.25) is 0 Å². The van der Waals surface area contributed by atoms with Gasteiger partial charge in [0.15, 0.2) is 0 Å². The summed E-state index contributed by atoms with van der Waals surface area (Å²) >= 11 is 0. The van der Waals surface area contributed by atoms with Crippen LogP contribution in [0.4, 0.5) is 13.2 Å². The maximum atomic E-state index is 13.0. The second kappa shape index (κ2) is 9.11. The summed E-state index contributed by atoms with van der Waals surface area (Å²) in [4.78, 5) is 0.156. The fourth-order valence-corrected chi connectivity index (χ4v) is 4.61. The van der Waals surface area contributed by atoms with Crippen LogP contribution in [0.2, 0.25) is 0 Å². The van der Waals surface area contributed by atoms with Crippen LogP contribution in [0.3, 0.4) is 0 Å². The van der Waals surface area contributed by atoms with Crippen LogP contribution in [0.5, 0.6) is 0 Å². The van der Waals surface area contributed by atoms with Crippen molar-refractivity contribution in [1.82, 2.24) is 14.6 Å². The van der Waals surface area contributed by atoms with Crippen LogP contribution in [0.25, 0.3) is 0 Å². The molecule has 5 nitrogen and oxygen atoms in total. The van der Waals surface area contributed by atoms with Gasteiger partial charge in [-0.15, -0.1) is 0 Å². The topological polar surface area (TPSA) is 63.1 Å². The molecule has 0 aliphatic rings. The normalized spacial score (nSPS) is 13.1. The van der Waals surface area contributed by atoms with Crippen molar-refractivity contribution >= 4 is 10.0 Å². The van der Waals surface area contributed by atoms with Crippen LogP contribution in [0, 0.1) is 6.92 Å². The molecule has 0 aliphatic carbocycles. The highest BCUT2D eigenvalue weighted by atomic mass is 32.2. The van der Waals surface area contributed by atoms with Crippen molar-refractivity contribution in [2.24, 2.45) is 0 Å². The third-order valence-corrected chi connectivity index (χ3v) is 6.42. The van der Waals surface area contributed by atoms with E-state index in [1.807, 2.05) is 32.4 Å². The molecule has 168 valence electrons. The predicted molar refractivity (Wildman–Crippen MR) is 112 cm³/mol. The predicted octanol–water partition coefficient (Wildman–Crippen LogP) is 4.20. The molecule has 0 bridgehead atoms. The zero-order chi connectivity index (χ0) is 22.7. The Hall–Kier alpha value is -1.84. The first-order chi connectivity index (χ1) is 13.8. The molecule has 0 radical (unpaired) electrons. The van der Waals surface area contributed by atoms with Gasteiger partial charge in [-0.25, -0.2) is 13.1 Å². The minimum Gasteiger partial charge on any atom is -0.347 e. The Morgan fingerprint density at radius 2 is 1.77 bits per heavy atom. The number of halogens is 3. The second-order valence-corrected chi connectivity index (χ2v) is 10.1. The highest BCUT2D eigenvalue weighted by molar-refractivity contribution is 7.89. The van der Waals surface area contributed by atoms with Gasteiger partial charge >= 0.3 is 6.18 Å². The minimum atomic E-state index is -4.47. The monoisotopic (exact) mass is 445 g/mol. The van der Waals surface area contributed by atoms with E-state index in [2.05, 4.69) is 10.0 Å². The van der Waals surface area contributed by atoms with E-state index >= 15 is 0 Å². The van der Waals surface area contributed by atoms with Gasteiger partial charge in [0.1, 0.15) is 4.90 Å². The lowest BCUT2D eigenvalue weighted by Crippen LogP contribution is -2.24. The highest BCUT2D eigenvalue weighted by Crippen LogP contribution is 2.31. The summed E-state index contributed by atoms with van der Waals surface area (Å²) < 4.78 is 69.1. The van der Waals surface area contributed by atoms with Crippen LogP contribution < -0.4 is 10.0 Å². The number of hydrogen-bond acceptors (Lipinski definition) is 3. The summed E-state index contributed by atoms with van der Waals surface area (Å²) in [5.74, 6) is 0. The Labute approximate surface area is 176 Å². The number of alkyl halides is 3. The van der Waals surface area contributed by atoms with Crippen molar-refractivity contribution < 1.29 is 21.6 Å². The zero-order valence-electron chi connectivity index (χ0n) is 18.0. The average Bonchev–Trinajstić information content (AvgIpc) is 2.98. The molecule has 1 aromatic heterocycles. The third kappa shape index (κ3) is 5.86. The van der Waals surface area contributed by atoms with E-state index in [1.165, 1.54) is 12.1 Å². The van der Waals surface area contributed by atoms with Crippen molar-refractivity contribution in [3.8, 4) is 0 Å². The average molecular weight is 446 g/mol. The van der Waals surface area contributed by atoms with Crippen LogP contribution in [-0.2, 0) is 34.7 Å². The number of nitrogens with zero attached hydrogens (tertiary/aromatic N) is 1.